The lowest BCUT2D eigenvalue weighted by Crippen LogP contribution is -2.82. The smallest absolute Gasteiger partial charge is 0.165 e. The molecule has 4 fully saturated rings. The number of hydrogen-bond donors (Lipinski definition) is 1. The average molecular weight is 450 g/mol. The highest BCUT2D eigenvalue weighted by atomic mass is 16.6. The van der Waals surface area contributed by atoms with Crippen LogP contribution in [-0.4, -0.2) is 60.7 Å². The highest BCUT2D eigenvalue weighted by molar-refractivity contribution is 5.65. The summed E-state index contributed by atoms with van der Waals surface area (Å²) >= 11 is 0. The maximum Gasteiger partial charge on any atom is 0.165 e. The van der Waals surface area contributed by atoms with Crippen LogP contribution in [0.2, 0.25) is 0 Å². The summed E-state index contributed by atoms with van der Waals surface area (Å²) in [6, 6.07) is 4.53. The molecule has 0 radical (unpaired) electrons. The number of piperidine rings is 1. The number of hydrogen-bond acceptors (Lipinski definition) is 5. The quantitative estimate of drug-likeness (QED) is 0.693. The molecule has 176 valence electrons. The molecule has 8 atom stereocenters. The van der Waals surface area contributed by atoms with E-state index in [0.717, 1.165) is 44.1 Å². The standard InChI is InChI=1S/C28H35NO4/c1-3-32-20-9-7-18-23(20)28(31-2)11-10-26(18)21-14-17-6-8-19(30)24-22(17)27(26,25(28)33-24)12-13-29(21)15-16-4-5-16/h6,8,10-11,16,18,20-21,23,25,30H,3-5,7,9,12-15H2,1-2H3/t18-,20-,21-,23-,25+,26-,27+,28-/m1/s1. The summed E-state index contributed by atoms with van der Waals surface area (Å²) < 4.78 is 19.8. The minimum Gasteiger partial charge on any atom is -0.504 e. The summed E-state index contributed by atoms with van der Waals surface area (Å²) in [5.74, 6) is 2.74. The average Bonchev–Trinajstić information content (AvgIpc) is 3.41. The van der Waals surface area contributed by atoms with Crippen LogP contribution in [-0.2, 0) is 21.3 Å². The van der Waals surface area contributed by atoms with Crippen LogP contribution in [0.15, 0.2) is 24.3 Å². The van der Waals surface area contributed by atoms with Crippen LogP contribution in [0, 0.1) is 23.2 Å². The molecule has 0 amide bonds. The van der Waals surface area contributed by atoms with E-state index in [9.17, 15) is 5.11 Å². The van der Waals surface area contributed by atoms with Gasteiger partial charge in [-0.15, -0.1) is 0 Å². The maximum atomic E-state index is 11.0. The van der Waals surface area contributed by atoms with Crippen molar-refractivity contribution in [1.82, 2.24) is 4.90 Å². The zero-order valence-electron chi connectivity index (χ0n) is 19.8. The first-order valence-corrected chi connectivity index (χ1v) is 13.2. The van der Waals surface area contributed by atoms with E-state index in [1.165, 1.54) is 36.9 Å². The number of likely N-dealkylation sites (tertiary alicyclic amines) is 1. The lowest BCUT2D eigenvalue weighted by molar-refractivity contribution is -0.251. The van der Waals surface area contributed by atoms with Gasteiger partial charge >= 0.3 is 0 Å². The molecule has 33 heavy (non-hydrogen) atoms. The number of phenolic OH excluding ortho intramolecular Hbond substituents is 1. The Labute approximate surface area is 196 Å². The number of benzene rings is 1. The van der Waals surface area contributed by atoms with E-state index in [2.05, 4.69) is 30.0 Å². The fraction of sp³-hybridized carbons (Fsp3) is 0.714. The van der Waals surface area contributed by atoms with Crippen LogP contribution in [0.1, 0.15) is 50.2 Å². The fourth-order valence-electron chi connectivity index (χ4n) is 9.98. The van der Waals surface area contributed by atoms with E-state index < -0.39 is 5.60 Å². The van der Waals surface area contributed by atoms with Crippen molar-refractivity contribution in [2.24, 2.45) is 23.2 Å². The molecule has 2 aliphatic heterocycles. The molecule has 0 unspecified atom stereocenters. The van der Waals surface area contributed by atoms with Gasteiger partial charge in [0.25, 0.3) is 0 Å². The normalized spacial score (nSPS) is 48.0. The van der Waals surface area contributed by atoms with E-state index in [0.29, 0.717) is 23.6 Å². The second kappa shape index (κ2) is 6.16. The van der Waals surface area contributed by atoms with Crippen molar-refractivity contribution in [1.29, 1.82) is 0 Å². The number of aromatic hydroxyl groups is 1. The van der Waals surface area contributed by atoms with E-state index in [1.54, 1.807) is 0 Å². The first-order valence-electron chi connectivity index (χ1n) is 13.2. The Balaban J connectivity index is 1.41. The molecular formula is C28H35NO4. The summed E-state index contributed by atoms with van der Waals surface area (Å²) in [5, 5.41) is 11.0. The molecule has 0 aromatic heterocycles. The Hall–Kier alpha value is -1.56. The molecule has 2 heterocycles. The van der Waals surface area contributed by atoms with Crippen LogP contribution in [0.4, 0.5) is 0 Å². The number of methoxy groups -OCH3 is 1. The van der Waals surface area contributed by atoms with E-state index >= 15 is 0 Å². The summed E-state index contributed by atoms with van der Waals surface area (Å²) in [6.45, 7) is 5.22. The highest BCUT2D eigenvalue weighted by Gasteiger charge is 2.83. The summed E-state index contributed by atoms with van der Waals surface area (Å²) in [6.07, 6.45) is 12.3. The Morgan fingerprint density at radius 1 is 1.18 bits per heavy atom. The van der Waals surface area contributed by atoms with Crippen molar-refractivity contribution in [3.63, 3.8) is 0 Å². The third-order valence-electron chi connectivity index (χ3n) is 11.0. The van der Waals surface area contributed by atoms with Crippen molar-refractivity contribution in [3.8, 4) is 11.5 Å². The molecular weight excluding hydrogens is 414 g/mol. The van der Waals surface area contributed by atoms with Crippen LogP contribution in [0.25, 0.3) is 0 Å². The molecule has 1 aromatic rings. The first kappa shape index (κ1) is 19.7. The van der Waals surface area contributed by atoms with Crippen LogP contribution < -0.4 is 4.74 Å². The summed E-state index contributed by atoms with van der Waals surface area (Å²) in [4.78, 5) is 2.86. The van der Waals surface area contributed by atoms with Gasteiger partial charge in [0, 0.05) is 43.2 Å². The van der Waals surface area contributed by atoms with Gasteiger partial charge in [-0.1, -0.05) is 18.2 Å². The number of rotatable bonds is 5. The van der Waals surface area contributed by atoms with Crippen molar-refractivity contribution in [2.45, 2.75) is 74.7 Å². The zero-order valence-corrected chi connectivity index (χ0v) is 19.8. The van der Waals surface area contributed by atoms with Gasteiger partial charge in [0.05, 0.1) is 11.5 Å². The van der Waals surface area contributed by atoms with Gasteiger partial charge in [-0.3, -0.25) is 4.90 Å². The SMILES string of the molecule is CCO[C@@H]1CC[C@@H]2[C@H]1[C@]1(OC)C=C[C@]23[C@H]2Cc4ccc(O)c5c4[C@@]3(CCN2CC2CC2)[C@@H]1O5. The van der Waals surface area contributed by atoms with Crippen molar-refractivity contribution < 1.29 is 19.3 Å². The van der Waals surface area contributed by atoms with Gasteiger partial charge in [0.2, 0.25) is 0 Å². The second-order valence-corrected chi connectivity index (χ2v) is 11.9. The largest absolute Gasteiger partial charge is 0.504 e. The predicted molar refractivity (Wildman–Crippen MR) is 124 cm³/mol. The van der Waals surface area contributed by atoms with Crippen LogP contribution in [0.5, 0.6) is 11.5 Å². The fourth-order valence-corrected chi connectivity index (χ4v) is 9.98. The molecule has 3 saturated carbocycles. The Morgan fingerprint density at radius 3 is 2.85 bits per heavy atom. The molecule has 4 bridgehead atoms. The van der Waals surface area contributed by atoms with Crippen LogP contribution >= 0.6 is 0 Å². The molecule has 1 aromatic carbocycles. The lowest BCUT2D eigenvalue weighted by Gasteiger charge is -2.73. The summed E-state index contributed by atoms with van der Waals surface area (Å²) in [5.41, 5.74) is 2.11. The van der Waals surface area contributed by atoms with Crippen molar-refractivity contribution in [2.75, 3.05) is 26.8 Å². The summed E-state index contributed by atoms with van der Waals surface area (Å²) in [7, 11) is 1.87. The number of nitrogens with zero attached hydrogens (tertiary/aromatic N) is 1. The molecule has 5 nitrogen and oxygen atoms in total. The minimum absolute atomic E-state index is 0.0215. The van der Waals surface area contributed by atoms with Crippen molar-refractivity contribution >= 4 is 0 Å². The second-order valence-electron chi connectivity index (χ2n) is 11.9. The monoisotopic (exact) mass is 449 g/mol. The predicted octanol–water partition coefficient (Wildman–Crippen LogP) is 3.82. The van der Waals surface area contributed by atoms with Gasteiger partial charge in [-0.2, -0.15) is 0 Å². The third-order valence-corrected chi connectivity index (χ3v) is 11.0. The van der Waals surface area contributed by atoms with Crippen LogP contribution in [0.3, 0.4) is 0 Å². The van der Waals surface area contributed by atoms with Gasteiger partial charge < -0.3 is 19.3 Å². The highest BCUT2D eigenvalue weighted by Crippen LogP contribution is 2.78. The molecule has 9 rings (SSSR count). The Bertz CT molecular complexity index is 1070. The lowest BCUT2D eigenvalue weighted by atomic mass is 9.34. The topological polar surface area (TPSA) is 51.2 Å². The zero-order chi connectivity index (χ0) is 22.2. The Kier molecular flexibility index (Phi) is 3.68. The molecule has 8 aliphatic rings. The molecule has 1 N–H and O–H groups in total. The van der Waals surface area contributed by atoms with Gasteiger partial charge in [-0.05, 0) is 75.5 Å². The Morgan fingerprint density at radius 2 is 2.06 bits per heavy atom. The van der Waals surface area contributed by atoms with E-state index in [-0.39, 0.29) is 23.0 Å². The number of ether oxygens (including phenoxy) is 3. The molecule has 5 heteroatoms. The van der Waals surface area contributed by atoms with Gasteiger partial charge in [0.1, 0.15) is 11.7 Å². The molecule has 1 saturated heterocycles. The molecule has 2 spiro atoms. The molecule has 6 aliphatic carbocycles. The van der Waals surface area contributed by atoms with Crippen molar-refractivity contribution in [3.05, 3.63) is 35.4 Å². The minimum atomic E-state index is -0.508. The third kappa shape index (κ3) is 1.98. The van der Waals surface area contributed by atoms with E-state index in [4.69, 9.17) is 14.2 Å². The number of phenols is 1. The van der Waals surface area contributed by atoms with Gasteiger partial charge in [-0.25, -0.2) is 0 Å². The maximum absolute atomic E-state index is 11.0. The first-order chi connectivity index (χ1) is 16.1. The van der Waals surface area contributed by atoms with E-state index in [1.807, 2.05) is 13.2 Å². The van der Waals surface area contributed by atoms with Gasteiger partial charge in [0.15, 0.2) is 11.5 Å².